The molecular weight excluding hydrogens is 282 g/mol. The highest BCUT2D eigenvalue weighted by Gasteiger charge is 2.24. The van der Waals surface area contributed by atoms with E-state index in [-0.39, 0.29) is 13.2 Å². The Morgan fingerprint density at radius 3 is 2.40 bits per heavy atom. The van der Waals surface area contributed by atoms with Crippen LogP contribution in [0.2, 0.25) is 0 Å². The van der Waals surface area contributed by atoms with Crippen molar-refractivity contribution < 1.29 is 17.9 Å². The van der Waals surface area contributed by atoms with E-state index in [0.29, 0.717) is 17.8 Å². The van der Waals surface area contributed by atoms with Gasteiger partial charge in [-0.1, -0.05) is 6.92 Å². The highest BCUT2D eigenvalue weighted by molar-refractivity contribution is 7.91. The maximum Gasteiger partial charge on any atom is 0.422 e. The summed E-state index contributed by atoms with van der Waals surface area (Å²) in [6.07, 6.45) is -0.405. The van der Waals surface area contributed by atoms with E-state index >= 15 is 0 Å². The standard InChI is InChI=1S/C12H19N3O4S/c1-3-9-15(11-7-5-10(13)6-8-11)20(17,18)14-12(16)19-4-2/h5-8H,3-4,9,13H2,1-2H3,(H,14,16). The number of ether oxygens (including phenoxy) is 1. The number of anilines is 2. The quantitative estimate of drug-likeness (QED) is 0.775. The van der Waals surface area contributed by atoms with Gasteiger partial charge in [-0.2, -0.15) is 8.42 Å². The lowest BCUT2D eigenvalue weighted by molar-refractivity contribution is 0.158. The zero-order valence-corrected chi connectivity index (χ0v) is 12.3. The number of nitrogens with one attached hydrogen (secondary N) is 1. The third-order valence-electron chi connectivity index (χ3n) is 2.39. The Labute approximate surface area is 118 Å². The predicted molar refractivity (Wildman–Crippen MR) is 77.6 cm³/mol. The van der Waals surface area contributed by atoms with Crippen molar-refractivity contribution in [3.05, 3.63) is 24.3 Å². The molecule has 0 saturated heterocycles. The highest BCUT2D eigenvalue weighted by atomic mass is 32.2. The molecule has 0 radical (unpaired) electrons. The third kappa shape index (κ3) is 4.30. The minimum Gasteiger partial charge on any atom is -0.449 e. The van der Waals surface area contributed by atoms with Crippen molar-refractivity contribution in [2.45, 2.75) is 20.3 Å². The monoisotopic (exact) mass is 301 g/mol. The molecule has 0 fully saturated rings. The van der Waals surface area contributed by atoms with E-state index in [1.54, 1.807) is 31.2 Å². The molecule has 0 saturated carbocycles. The normalized spacial score (nSPS) is 10.9. The first-order valence-corrected chi connectivity index (χ1v) is 7.67. The summed E-state index contributed by atoms with van der Waals surface area (Å²) in [5, 5.41) is 0. The van der Waals surface area contributed by atoms with E-state index in [4.69, 9.17) is 5.73 Å². The van der Waals surface area contributed by atoms with Gasteiger partial charge in [-0.15, -0.1) is 0 Å². The number of nitrogens with two attached hydrogens (primary N) is 1. The number of carbonyl (C=O) groups is 1. The van der Waals surface area contributed by atoms with Crippen LogP contribution >= 0.6 is 0 Å². The molecule has 0 bridgehead atoms. The topological polar surface area (TPSA) is 102 Å². The average Bonchev–Trinajstić information content (AvgIpc) is 2.36. The molecule has 1 rings (SSSR count). The summed E-state index contributed by atoms with van der Waals surface area (Å²) >= 11 is 0. The first-order chi connectivity index (χ1) is 9.40. The number of amides is 1. The van der Waals surface area contributed by atoms with Crippen molar-refractivity contribution in [2.75, 3.05) is 23.2 Å². The Morgan fingerprint density at radius 1 is 1.30 bits per heavy atom. The Balaban J connectivity index is 3.00. The number of nitrogen functional groups attached to an aromatic ring is 1. The largest absolute Gasteiger partial charge is 0.449 e. The second-order valence-corrected chi connectivity index (χ2v) is 5.59. The molecule has 20 heavy (non-hydrogen) atoms. The van der Waals surface area contributed by atoms with Crippen LogP contribution in [0.1, 0.15) is 20.3 Å². The summed E-state index contributed by atoms with van der Waals surface area (Å²) in [5.74, 6) is 0. The van der Waals surface area contributed by atoms with Gasteiger partial charge >= 0.3 is 16.3 Å². The van der Waals surface area contributed by atoms with E-state index in [1.807, 2.05) is 11.6 Å². The van der Waals surface area contributed by atoms with Gasteiger partial charge in [-0.3, -0.25) is 4.31 Å². The smallest absolute Gasteiger partial charge is 0.422 e. The first kappa shape index (κ1) is 16.1. The minimum absolute atomic E-state index is 0.0942. The average molecular weight is 301 g/mol. The minimum atomic E-state index is -4.00. The molecule has 0 aliphatic rings. The number of carbonyl (C=O) groups excluding carboxylic acids is 1. The van der Waals surface area contributed by atoms with Gasteiger partial charge < -0.3 is 10.5 Å². The summed E-state index contributed by atoms with van der Waals surface area (Å²) in [7, 11) is -4.00. The fourth-order valence-corrected chi connectivity index (χ4v) is 2.75. The van der Waals surface area contributed by atoms with Crippen LogP contribution in [0, 0.1) is 0 Å². The lowest BCUT2D eigenvalue weighted by Gasteiger charge is -2.23. The fraction of sp³-hybridized carbons (Fsp3) is 0.417. The zero-order chi connectivity index (χ0) is 15.2. The molecule has 0 unspecified atom stereocenters. The van der Waals surface area contributed by atoms with Crippen molar-refractivity contribution in [2.24, 2.45) is 0 Å². The molecule has 1 aromatic rings. The molecule has 0 heterocycles. The molecule has 3 N–H and O–H groups in total. The Morgan fingerprint density at radius 2 is 1.90 bits per heavy atom. The Bertz CT molecular complexity index is 542. The summed E-state index contributed by atoms with van der Waals surface area (Å²) in [6, 6.07) is 6.35. The van der Waals surface area contributed by atoms with Crippen molar-refractivity contribution in [3.8, 4) is 0 Å². The van der Waals surface area contributed by atoms with E-state index in [2.05, 4.69) is 4.74 Å². The highest BCUT2D eigenvalue weighted by Crippen LogP contribution is 2.19. The molecule has 0 aliphatic carbocycles. The molecule has 1 amide bonds. The van der Waals surface area contributed by atoms with Gasteiger partial charge in [0.25, 0.3) is 0 Å². The lowest BCUT2D eigenvalue weighted by atomic mass is 10.3. The summed E-state index contributed by atoms with van der Waals surface area (Å²) in [5.41, 5.74) is 6.53. The van der Waals surface area contributed by atoms with Crippen LogP contribution in [0.3, 0.4) is 0 Å². The number of hydrogen-bond donors (Lipinski definition) is 2. The maximum atomic E-state index is 12.2. The first-order valence-electron chi connectivity index (χ1n) is 6.23. The Kier molecular flexibility index (Phi) is 5.63. The second-order valence-electron chi connectivity index (χ2n) is 3.99. The van der Waals surface area contributed by atoms with Crippen molar-refractivity contribution in [1.29, 1.82) is 0 Å². The number of hydrogen-bond acceptors (Lipinski definition) is 5. The van der Waals surface area contributed by atoms with Crippen LogP contribution in [0.5, 0.6) is 0 Å². The van der Waals surface area contributed by atoms with E-state index < -0.39 is 16.3 Å². The zero-order valence-electron chi connectivity index (χ0n) is 11.5. The van der Waals surface area contributed by atoms with Gasteiger partial charge in [-0.25, -0.2) is 9.52 Å². The van der Waals surface area contributed by atoms with E-state index in [9.17, 15) is 13.2 Å². The lowest BCUT2D eigenvalue weighted by Crippen LogP contribution is -2.44. The molecule has 0 aromatic heterocycles. The van der Waals surface area contributed by atoms with Gasteiger partial charge in [-0.05, 0) is 37.6 Å². The van der Waals surface area contributed by atoms with Crippen molar-refractivity contribution in [1.82, 2.24) is 4.72 Å². The van der Waals surface area contributed by atoms with Crippen LogP contribution in [0.15, 0.2) is 24.3 Å². The van der Waals surface area contributed by atoms with Crippen molar-refractivity contribution in [3.63, 3.8) is 0 Å². The Hall–Kier alpha value is -1.96. The van der Waals surface area contributed by atoms with Gasteiger partial charge in [0.1, 0.15) is 0 Å². The van der Waals surface area contributed by atoms with Crippen LogP contribution in [-0.4, -0.2) is 27.7 Å². The van der Waals surface area contributed by atoms with Gasteiger partial charge in [0, 0.05) is 12.2 Å². The number of benzene rings is 1. The molecule has 0 aliphatic heterocycles. The number of nitrogens with zero attached hydrogens (tertiary/aromatic N) is 1. The fourth-order valence-electron chi connectivity index (χ4n) is 1.55. The van der Waals surface area contributed by atoms with Crippen LogP contribution in [0.25, 0.3) is 0 Å². The van der Waals surface area contributed by atoms with Crippen LogP contribution in [0.4, 0.5) is 16.2 Å². The maximum absolute atomic E-state index is 12.2. The predicted octanol–water partition coefficient (Wildman–Crippen LogP) is 1.48. The number of rotatable bonds is 6. The van der Waals surface area contributed by atoms with Gasteiger partial charge in [0.15, 0.2) is 0 Å². The van der Waals surface area contributed by atoms with Gasteiger partial charge in [0.2, 0.25) is 0 Å². The molecule has 0 atom stereocenters. The SMILES string of the molecule is CCCN(c1ccc(N)cc1)S(=O)(=O)NC(=O)OCC. The summed E-state index contributed by atoms with van der Waals surface area (Å²) < 4.78 is 31.9. The summed E-state index contributed by atoms with van der Waals surface area (Å²) in [4.78, 5) is 11.3. The molecule has 7 nitrogen and oxygen atoms in total. The van der Waals surface area contributed by atoms with E-state index in [0.717, 1.165) is 4.31 Å². The van der Waals surface area contributed by atoms with Crippen molar-refractivity contribution >= 4 is 27.7 Å². The molecule has 8 heteroatoms. The van der Waals surface area contributed by atoms with Crippen LogP contribution < -0.4 is 14.8 Å². The third-order valence-corrected chi connectivity index (χ3v) is 3.78. The van der Waals surface area contributed by atoms with Gasteiger partial charge in [0.05, 0.1) is 12.3 Å². The van der Waals surface area contributed by atoms with E-state index in [1.165, 1.54) is 0 Å². The second kappa shape index (κ2) is 6.99. The molecule has 1 aromatic carbocycles. The summed E-state index contributed by atoms with van der Waals surface area (Å²) in [6.45, 7) is 3.76. The van der Waals surface area contributed by atoms with Crippen LogP contribution in [-0.2, 0) is 14.9 Å². The molecule has 112 valence electrons. The molecule has 0 spiro atoms. The molecular formula is C12H19N3O4S.